The van der Waals surface area contributed by atoms with Crippen LogP contribution in [0.15, 0.2) is 54.6 Å². The molecule has 1 N–H and O–H groups in total. The smallest absolute Gasteiger partial charge is 0.335 e. The van der Waals surface area contributed by atoms with Crippen LogP contribution in [0.4, 0.5) is 0 Å². The normalized spacial score (nSPS) is 15.5. The van der Waals surface area contributed by atoms with Crippen molar-refractivity contribution < 1.29 is 28.8 Å². The number of hydrogen-bond donors (Lipinski definition) is 1. The van der Waals surface area contributed by atoms with Crippen molar-refractivity contribution in [2.75, 3.05) is 34.2 Å². The maximum atomic E-state index is 11.5. The first-order valence-corrected chi connectivity index (χ1v) is 13.0. The van der Waals surface area contributed by atoms with E-state index in [0.717, 1.165) is 35.1 Å². The molecule has 38 heavy (non-hydrogen) atoms. The summed E-state index contributed by atoms with van der Waals surface area (Å²) < 4.78 is 22.3. The number of fused-ring (bicyclic) bond motifs is 1. The Hall–Kier alpha value is -3.35. The zero-order valence-electron chi connectivity index (χ0n) is 23.2. The topological polar surface area (TPSA) is 74.2 Å². The lowest BCUT2D eigenvalue weighted by Crippen LogP contribution is -2.33. The van der Waals surface area contributed by atoms with E-state index in [4.69, 9.17) is 18.9 Å². The number of benzene rings is 3. The number of hydrogen-bond acceptors (Lipinski definition) is 5. The van der Waals surface area contributed by atoms with Gasteiger partial charge in [0, 0.05) is 18.2 Å². The van der Waals surface area contributed by atoms with Gasteiger partial charge in [-0.3, -0.25) is 0 Å². The second kappa shape index (κ2) is 11.2. The van der Waals surface area contributed by atoms with Gasteiger partial charge in [0.05, 0.1) is 25.9 Å². The Labute approximate surface area is 225 Å². The fourth-order valence-corrected chi connectivity index (χ4v) is 5.17. The summed E-state index contributed by atoms with van der Waals surface area (Å²) in [5.41, 5.74) is 6.83. The van der Waals surface area contributed by atoms with Crippen LogP contribution in [0.25, 0.3) is 22.3 Å². The molecule has 0 saturated heterocycles. The average molecular weight is 519 g/mol. The molecular weight excluding hydrogens is 480 g/mol. The fourth-order valence-electron chi connectivity index (χ4n) is 5.17. The predicted molar refractivity (Wildman–Crippen MR) is 149 cm³/mol. The molecule has 0 aromatic heterocycles. The van der Waals surface area contributed by atoms with Gasteiger partial charge in [-0.25, -0.2) is 4.79 Å². The lowest BCUT2D eigenvalue weighted by atomic mass is 9.63. The molecular formula is C32H38O6. The standard InChI is InChI=1S/C32H38O6/c1-31(2)13-14-32(3,4)27-18-22(8-11-26(27)31)25-17-21(9-12-28(25)38-20-37-16-15-35-5)24-10-7-23(30(33)34)19-29(24)36-6/h7-12,17-19H,13-16,20H2,1-6H3,(H,33,34). The Kier molecular flexibility index (Phi) is 8.14. The van der Waals surface area contributed by atoms with E-state index in [1.807, 2.05) is 12.1 Å². The molecule has 0 bridgehead atoms. The molecule has 6 nitrogen and oxygen atoms in total. The van der Waals surface area contributed by atoms with Crippen LogP contribution in [0.2, 0.25) is 0 Å². The van der Waals surface area contributed by atoms with Crippen LogP contribution < -0.4 is 9.47 Å². The highest BCUT2D eigenvalue weighted by molar-refractivity contribution is 5.90. The first-order valence-electron chi connectivity index (χ1n) is 13.0. The molecule has 0 spiro atoms. The second-order valence-corrected chi connectivity index (χ2v) is 11.1. The van der Waals surface area contributed by atoms with Crippen LogP contribution in [-0.4, -0.2) is 45.3 Å². The van der Waals surface area contributed by atoms with Gasteiger partial charge in [-0.15, -0.1) is 0 Å². The fraction of sp³-hybridized carbons (Fsp3) is 0.406. The third kappa shape index (κ3) is 5.71. The lowest BCUT2D eigenvalue weighted by Gasteiger charge is -2.42. The van der Waals surface area contributed by atoms with Gasteiger partial charge in [0.1, 0.15) is 11.5 Å². The van der Waals surface area contributed by atoms with Crippen molar-refractivity contribution in [2.45, 2.75) is 51.4 Å². The van der Waals surface area contributed by atoms with Crippen molar-refractivity contribution in [1.82, 2.24) is 0 Å². The minimum atomic E-state index is -0.993. The summed E-state index contributed by atoms with van der Waals surface area (Å²) >= 11 is 0. The van der Waals surface area contributed by atoms with E-state index in [1.165, 1.54) is 11.1 Å². The second-order valence-electron chi connectivity index (χ2n) is 11.1. The maximum Gasteiger partial charge on any atom is 0.335 e. The van der Waals surface area contributed by atoms with Gasteiger partial charge in [-0.05, 0) is 76.3 Å². The van der Waals surface area contributed by atoms with Crippen LogP contribution in [0, 0.1) is 0 Å². The predicted octanol–water partition coefficient (Wildman–Crippen LogP) is 7.08. The largest absolute Gasteiger partial charge is 0.496 e. The Morgan fingerprint density at radius 1 is 0.789 bits per heavy atom. The summed E-state index contributed by atoms with van der Waals surface area (Å²) in [4.78, 5) is 11.5. The first-order chi connectivity index (χ1) is 18.1. The van der Waals surface area contributed by atoms with Gasteiger partial charge in [-0.1, -0.05) is 52.0 Å². The zero-order chi connectivity index (χ0) is 27.5. The molecule has 0 amide bonds. The van der Waals surface area contributed by atoms with E-state index in [9.17, 15) is 9.90 Å². The highest BCUT2D eigenvalue weighted by Crippen LogP contribution is 2.48. The molecule has 1 aliphatic carbocycles. The van der Waals surface area contributed by atoms with Crippen LogP contribution in [0.1, 0.15) is 62.0 Å². The van der Waals surface area contributed by atoms with Gasteiger partial charge in [0.2, 0.25) is 0 Å². The monoisotopic (exact) mass is 518 g/mol. The molecule has 0 unspecified atom stereocenters. The molecule has 0 heterocycles. The van der Waals surface area contributed by atoms with Crippen LogP contribution in [-0.2, 0) is 20.3 Å². The summed E-state index contributed by atoms with van der Waals surface area (Å²) in [6, 6.07) is 17.6. The molecule has 0 radical (unpaired) electrons. The molecule has 1 aliphatic rings. The molecule has 3 aromatic rings. The van der Waals surface area contributed by atoms with Crippen LogP contribution in [0.5, 0.6) is 11.5 Å². The molecule has 202 valence electrons. The van der Waals surface area contributed by atoms with Crippen molar-refractivity contribution in [1.29, 1.82) is 0 Å². The van der Waals surface area contributed by atoms with Gasteiger partial charge in [0.15, 0.2) is 6.79 Å². The van der Waals surface area contributed by atoms with Crippen molar-refractivity contribution in [3.8, 4) is 33.8 Å². The summed E-state index contributed by atoms with van der Waals surface area (Å²) in [7, 11) is 3.19. The molecule has 3 aromatic carbocycles. The minimum Gasteiger partial charge on any atom is -0.496 e. The summed E-state index contributed by atoms with van der Waals surface area (Å²) in [5, 5.41) is 9.42. The summed E-state index contributed by atoms with van der Waals surface area (Å²) in [5.74, 6) is 0.216. The number of carbonyl (C=O) groups is 1. The van der Waals surface area contributed by atoms with Gasteiger partial charge < -0.3 is 24.1 Å². The van der Waals surface area contributed by atoms with Crippen molar-refractivity contribution in [3.05, 3.63) is 71.3 Å². The first kappa shape index (κ1) is 27.7. The van der Waals surface area contributed by atoms with Crippen molar-refractivity contribution in [2.24, 2.45) is 0 Å². The van der Waals surface area contributed by atoms with Crippen LogP contribution in [0.3, 0.4) is 0 Å². The number of aromatic carboxylic acids is 1. The molecule has 6 heteroatoms. The van der Waals surface area contributed by atoms with Gasteiger partial charge in [-0.2, -0.15) is 0 Å². The van der Waals surface area contributed by atoms with Crippen molar-refractivity contribution in [3.63, 3.8) is 0 Å². The molecule has 0 atom stereocenters. The van der Waals surface area contributed by atoms with Gasteiger partial charge in [0.25, 0.3) is 0 Å². The third-order valence-corrected chi connectivity index (χ3v) is 7.63. The van der Waals surface area contributed by atoms with Gasteiger partial charge >= 0.3 is 5.97 Å². The van der Waals surface area contributed by atoms with E-state index < -0.39 is 5.97 Å². The average Bonchev–Trinajstić information content (AvgIpc) is 2.90. The molecule has 4 rings (SSSR count). The van der Waals surface area contributed by atoms with E-state index >= 15 is 0 Å². The Bertz CT molecular complexity index is 1310. The van der Waals surface area contributed by atoms with E-state index in [-0.39, 0.29) is 23.2 Å². The van der Waals surface area contributed by atoms with E-state index in [0.29, 0.717) is 24.7 Å². The minimum absolute atomic E-state index is 0.0681. The highest BCUT2D eigenvalue weighted by Gasteiger charge is 2.37. The number of rotatable bonds is 10. The Morgan fingerprint density at radius 2 is 1.47 bits per heavy atom. The van der Waals surface area contributed by atoms with E-state index in [1.54, 1.807) is 32.4 Å². The SMILES string of the molecule is COCCOCOc1ccc(-c2ccc(C(=O)O)cc2OC)cc1-c1ccc2c(c1)C(C)(C)CCC2(C)C. The number of ether oxygens (including phenoxy) is 4. The maximum absolute atomic E-state index is 11.5. The van der Waals surface area contributed by atoms with E-state index in [2.05, 4.69) is 52.0 Å². The molecule has 0 aliphatic heterocycles. The summed E-state index contributed by atoms with van der Waals surface area (Å²) in [6.45, 7) is 10.3. The molecule has 0 fully saturated rings. The Morgan fingerprint density at radius 3 is 2.16 bits per heavy atom. The number of methoxy groups -OCH3 is 2. The quantitative estimate of drug-likeness (QED) is 0.228. The zero-order valence-corrected chi connectivity index (χ0v) is 23.2. The number of carboxylic acid groups (broad SMARTS) is 1. The van der Waals surface area contributed by atoms with Crippen molar-refractivity contribution >= 4 is 5.97 Å². The highest BCUT2D eigenvalue weighted by atomic mass is 16.7. The third-order valence-electron chi connectivity index (χ3n) is 7.63. The summed E-state index contributed by atoms with van der Waals surface area (Å²) in [6.07, 6.45) is 2.28. The Balaban J connectivity index is 1.81. The molecule has 0 saturated carbocycles. The lowest BCUT2D eigenvalue weighted by molar-refractivity contribution is -0.00821. The van der Waals surface area contributed by atoms with Crippen LogP contribution >= 0.6 is 0 Å². The number of carboxylic acids is 1.